The van der Waals surface area contributed by atoms with Crippen molar-refractivity contribution in [3.8, 4) is 0 Å². The average Bonchev–Trinajstić information content (AvgIpc) is 2.32. The molecule has 1 aliphatic carbocycles. The van der Waals surface area contributed by atoms with E-state index in [-0.39, 0.29) is 5.78 Å². The van der Waals surface area contributed by atoms with Crippen molar-refractivity contribution in [1.82, 2.24) is 5.32 Å². The molecule has 0 aromatic carbocycles. The highest BCUT2D eigenvalue weighted by Gasteiger charge is 2.33. The van der Waals surface area contributed by atoms with Crippen molar-refractivity contribution in [2.75, 3.05) is 0 Å². The van der Waals surface area contributed by atoms with Gasteiger partial charge in [0.25, 0.3) is 0 Å². The van der Waals surface area contributed by atoms with Gasteiger partial charge < -0.3 is 5.32 Å². The van der Waals surface area contributed by atoms with E-state index in [2.05, 4.69) is 5.32 Å². The number of carbonyl (C=O) groups excluding carboxylic acids is 2. The summed E-state index contributed by atoms with van der Waals surface area (Å²) in [5.41, 5.74) is 0. The number of carbonyl (C=O) groups is 2. The molecule has 0 aromatic rings. The molecule has 14 heavy (non-hydrogen) atoms. The lowest BCUT2D eigenvalue weighted by Crippen LogP contribution is -2.39. The van der Waals surface area contributed by atoms with E-state index in [0.29, 0.717) is 19.3 Å². The molecule has 1 saturated carbocycles. The maximum Gasteiger partial charge on any atom is 0.397 e. The molecular weight excluding hydrogens is 199 g/mol. The van der Waals surface area contributed by atoms with Gasteiger partial charge in [0.15, 0.2) is 5.78 Å². The summed E-state index contributed by atoms with van der Waals surface area (Å²) < 4.78 is 35.2. The van der Waals surface area contributed by atoms with Gasteiger partial charge in [0.2, 0.25) is 5.91 Å². The maximum atomic E-state index is 11.7. The molecular formula is C8H10F3NO2. The van der Waals surface area contributed by atoms with Gasteiger partial charge >= 0.3 is 6.18 Å². The van der Waals surface area contributed by atoms with Gasteiger partial charge in [-0.15, -0.1) is 0 Å². The first kappa shape index (κ1) is 11.0. The van der Waals surface area contributed by atoms with Crippen molar-refractivity contribution in [2.45, 2.75) is 37.9 Å². The molecule has 0 aliphatic heterocycles. The van der Waals surface area contributed by atoms with Crippen LogP contribution in [-0.4, -0.2) is 23.9 Å². The van der Waals surface area contributed by atoms with Crippen LogP contribution in [0.2, 0.25) is 0 Å². The average molecular weight is 209 g/mol. The van der Waals surface area contributed by atoms with Gasteiger partial charge in [0.1, 0.15) is 6.42 Å². The lowest BCUT2D eigenvalue weighted by molar-refractivity contribution is -0.154. The van der Waals surface area contributed by atoms with Crippen molar-refractivity contribution in [2.24, 2.45) is 0 Å². The fourth-order valence-corrected chi connectivity index (χ4v) is 1.40. The summed E-state index contributed by atoms with van der Waals surface area (Å²) in [5, 5.41) is 2.08. The molecule has 0 bridgehead atoms. The van der Waals surface area contributed by atoms with E-state index >= 15 is 0 Å². The zero-order valence-electron chi connectivity index (χ0n) is 7.36. The monoisotopic (exact) mass is 209 g/mol. The number of hydrogen-bond acceptors (Lipinski definition) is 2. The Morgan fingerprint density at radius 2 is 2.14 bits per heavy atom. The molecule has 3 nitrogen and oxygen atoms in total. The zero-order valence-corrected chi connectivity index (χ0v) is 7.36. The summed E-state index contributed by atoms with van der Waals surface area (Å²) in [5.74, 6) is -1.31. The Balaban J connectivity index is 2.37. The fourth-order valence-electron chi connectivity index (χ4n) is 1.40. The minimum Gasteiger partial charge on any atom is -0.346 e. The molecule has 1 amide bonds. The molecule has 1 unspecified atom stereocenters. The standard InChI is InChI=1S/C8H10F3NO2/c9-8(10,11)4-7(14)12-5-2-1-3-6(5)13/h5H,1-4H2,(H,12,14). The number of ketones is 1. The SMILES string of the molecule is O=C(CC(F)(F)F)NC1CCCC1=O. The third-order valence-electron chi connectivity index (χ3n) is 2.00. The second kappa shape index (κ2) is 3.98. The van der Waals surface area contributed by atoms with E-state index in [1.807, 2.05) is 0 Å². The first-order valence-corrected chi connectivity index (χ1v) is 4.27. The van der Waals surface area contributed by atoms with Crippen LogP contribution >= 0.6 is 0 Å². The van der Waals surface area contributed by atoms with E-state index in [1.54, 1.807) is 0 Å². The molecule has 80 valence electrons. The quantitative estimate of drug-likeness (QED) is 0.742. The van der Waals surface area contributed by atoms with Crippen LogP contribution in [0.5, 0.6) is 0 Å². The van der Waals surface area contributed by atoms with E-state index < -0.39 is 24.5 Å². The van der Waals surface area contributed by atoms with Crippen LogP contribution < -0.4 is 5.32 Å². The predicted octanol–water partition coefficient (Wildman–Crippen LogP) is 1.18. The molecule has 0 aromatic heterocycles. The van der Waals surface area contributed by atoms with Crippen molar-refractivity contribution < 1.29 is 22.8 Å². The number of amides is 1. The molecule has 0 saturated heterocycles. The first-order chi connectivity index (χ1) is 6.38. The summed E-state index contributed by atoms with van der Waals surface area (Å²) in [4.78, 5) is 21.8. The van der Waals surface area contributed by atoms with E-state index in [4.69, 9.17) is 0 Å². The number of Topliss-reactive ketones (excluding diaryl/α,β-unsaturated/α-hetero) is 1. The van der Waals surface area contributed by atoms with Crippen molar-refractivity contribution in [1.29, 1.82) is 0 Å². The summed E-state index contributed by atoms with van der Waals surface area (Å²) >= 11 is 0. The number of alkyl halides is 3. The summed E-state index contributed by atoms with van der Waals surface area (Å²) in [6.45, 7) is 0. The van der Waals surface area contributed by atoms with Crippen molar-refractivity contribution >= 4 is 11.7 Å². The summed E-state index contributed by atoms with van der Waals surface area (Å²) in [7, 11) is 0. The Morgan fingerprint density at radius 1 is 1.50 bits per heavy atom. The van der Waals surface area contributed by atoms with Gasteiger partial charge in [-0.05, 0) is 12.8 Å². The highest BCUT2D eigenvalue weighted by atomic mass is 19.4. The molecule has 1 N–H and O–H groups in total. The Morgan fingerprint density at radius 3 is 2.57 bits per heavy atom. The van der Waals surface area contributed by atoms with Crippen LogP contribution in [-0.2, 0) is 9.59 Å². The van der Waals surface area contributed by atoms with Crippen LogP contribution in [0.25, 0.3) is 0 Å². The molecule has 0 spiro atoms. The lowest BCUT2D eigenvalue weighted by atomic mass is 10.2. The summed E-state index contributed by atoms with van der Waals surface area (Å²) in [6.07, 6.45) is -4.60. The number of rotatable bonds is 2. The van der Waals surface area contributed by atoms with Gasteiger partial charge in [0, 0.05) is 6.42 Å². The Labute approximate surface area is 78.7 Å². The fraction of sp³-hybridized carbons (Fsp3) is 0.750. The third-order valence-corrected chi connectivity index (χ3v) is 2.00. The van der Waals surface area contributed by atoms with Crippen LogP contribution in [0.1, 0.15) is 25.7 Å². The Bertz CT molecular complexity index is 249. The minimum atomic E-state index is -4.51. The minimum absolute atomic E-state index is 0.180. The van der Waals surface area contributed by atoms with E-state index in [0.717, 1.165) is 0 Å². The smallest absolute Gasteiger partial charge is 0.346 e. The normalized spacial score (nSPS) is 22.5. The molecule has 1 atom stereocenters. The first-order valence-electron chi connectivity index (χ1n) is 4.27. The second-order valence-corrected chi connectivity index (χ2v) is 3.27. The highest BCUT2D eigenvalue weighted by Crippen LogP contribution is 2.20. The van der Waals surface area contributed by atoms with Crippen molar-refractivity contribution in [3.63, 3.8) is 0 Å². The lowest BCUT2D eigenvalue weighted by Gasteiger charge is -2.11. The van der Waals surface area contributed by atoms with Gasteiger partial charge in [-0.3, -0.25) is 9.59 Å². The predicted molar refractivity (Wildman–Crippen MR) is 41.5 cm³/mol. The van der Waals surface area contributed by atoms with Crippen LogP contribution in [0.3, 0.4) is 0 Å². The van der Waals surface area contributed by atoms with E-state index in [1.165, 1.54) is 0 Å². The van der Waals surface area contributed by atoms with Gasteiger partial charge in [-0.2, -0.15) is 13.2 Å². The Hall–Kier alpha value is -1.07. The second-order valence-electron chi connectivity index (χ2n) is 3.27. The highest BCUT2D eigenvalue weighted by molar-refractivity contribution is 5.90. The maximum absolute atomic E-state index is 11.7. The van der Waals surface area contributed by atoms with Crippen LogP contribution in [0.15, 0.2) is 0 Å². The van der Waals surface area contributed by atoms with E-state index in [9.17, 15) is 22.8 Å². The van der Waals surface area contributed by atoms with Crippen molar-refractivity contribution in [3.05, 3.63) is 0 Å². The third kappa shape index (κ3) is 3.35. The molecule has 0 heterocycles. The van der Waals surface area contributed by atoms with Crippen LogP contribution in [0.4, 0.5) is 13.2 Å². The Kier molecular flexibility index (Phi) is 3.13. The molecule has 6 heteroatoms. The zero-order chi connectivity index (χ0) is 10.8. The molecule has 0 radical (unpaired) electrons. The topological polar surface area (TPSA) is 46.2 Å². The largest absolute Gasteiger partial charge is 0.397 e. The van der Waals surface area contributed by atoms with Gasteiger partial charge in [-0.1, -0.05) is 0 Å². The molecule has 1 aliphatic rings. The number of halogens is 3. The van der Waals surface area contributed by atoms with Gasteiger partial charge in [-0.25, -0.2) is 0 Å². The number of nitrogens with one attached hydrogen (secondary N) is 1. The molecule has 1 rings (SSSR count). The van der Waals surface area contributed by atoms with Gasteiger partial charge in [0.05, 0.1) is 6.04 Å². The summed E-state index contributed by atoms with van der Waals surface area (Å²) in [6, 6.07) is -0.704. The van der Waals surface area contributed by atoms with Crippen LogP contribution in [0, 0.1) is 0 Å². The number of hydrogen-bond donors (Lipinski definition) is 1. The molecule has 1 fully saturated rings.